The van der Waals surface area contributed by atoms with Gasteiger partial charge in [-0.2, -0.15) is 5.10 Å². The molecular weight excluding hydrogens is 310 g/mol. The highest BCUT2D eigenvalue weighted by Crippen LogP contribution is 2.59. The number of aliphatic hydroxyl groups excluding tert-OH is 1. The fourth-order valence-corrected chi connectivity index (χ4v) is 4.42. The van der Waals surface area contributed by atoms with Gasteiger partial charge in [0.15, 0.2) is 0 Å². The molecular formula is C16H17ClF2N2O. The lowest BCUT2D eigenvalue weighted by atomic mass is 9.56. The molecule has 0 radical (unpaired) electrons. The Labute approximate surface area is 131 Å². The Kier molecular flexibility index (Phi) is 3.04. The van der Waals surface area contributed by atoms with Crippen molar-refractivity contribution < 1.29 is 13.9 Å². The van der Waals surface area contributed by atoms with Crippen molar-refractivity contribution in [1.82, 2.24) is 10.2 Å². The molecule has 0 aliphatic heterocycles. The standard InChI is InChI=1S/C16H17ClF2N2O/c17-10-7-9-8-20-21-13(9)11(12(10)18)14(22)15-1-4-16(19,5-2-15)6-3-15/h7-8,14,22H,1-6H2,(H,20,21). The first-order valence-corrected chi connectivity index (χ1v) is 8.00. The monoisotopic (exact) mass is 326 g/mol. The molecule has 3 saturated carbocycles. The van der Waals surface area contributed by atoms with Crippen molar-refractivity contribution in [2.24, 2.45) is 5.41 Å². The lowest BCUT2D eigenvalue weighted by Gasteiger charge is -2.51. The number of benzene rings is 1. The second kappa shape index (κ2) is 4.65. The van der Waals surface area contributed by atoms with Gasteiger partial charge < -0.3 is 5.11 Å². The largest absolute Gasteiger partial charge is 0.388 e. The maximum atomic E-state index is 14.6. The van der Waals surface area contributed by atoms with Crippen LogP contribution in [0.25, 0.3) is 10.9 Å². The van der Waals surface area contributed by atoms with E-state index in [0.29, 0.717) is 49.4 Å². The van der Waals surface area contributed by atoms with E-state index in [9.17, 15) is 13.9 Å². The lowest BCUT2D eigenvalue weighted by Crippen LogP contribution is -2.46. The number of hydrogen-bond acceptors (Lipinski definition) is 2. The fraction of sp³-hybridized carbons (Fsp3) is 0.562. The highest BCUT2D eigenvalue weighted by Gasteiger charge is 2.53. The summed E-state index contributed by atoms with van der Waals surface area (Å²) in [5, 5.41) is 18.3. The molecule has 5 rings (SSSR count). The summed E-state index contributed by atoms with van der Waals surface area (Å²) in [6.07, 6.45) is 3.61. The SMILES string of the molecule is OC(c1c(F)c(Cl)cc2cn[nH]c12)C12CCC(F)(CC1)CC2. The molecule has 22 heavy (non-hydrogen) atoms. The Morgan fingerprint density at radius 2 is 1.86 bits per heavy atom. The first-order chi connectivity index (χ1) is 10.4. The molecule has 2 aromatic rings. The topological polar surface area (TPSA) is 48.9 Å². The van der Waals surface area contributed by atoms with Crippen molar-refractivity contribution in [3.05, 3.63) is 28.7 Å². The van der Waals surface area contributed by atoms with Crippen molar-refractivity contribution >= 4 is 22.5 Å². The van der Waals surface area contributed by atoms with E-state index in [1.54, 1.807) is 6.20 Å². The van der Waals surface area contributed by atoms with Crippen LogP contribution in [0.3, 0.4) is 0 Å². The van der Waals surface area contributed by atoms with Crippen LogP contribution in [0.5, 0.6) is 0 Å². The van der Waals surface area contributed by atoms with Crippen LogP contribution in [0.1, 0.15) is 50.2 Å². The molecule has 0 amide bonds. The normalized spacial score (nSPS) is 32.5. The highest BCUT2D eigenvalue weighted by atomic mass is 35.5. The number of halogens is 3. The van der Waals surface area contributed by atoms with Crippen molar-refractivity contribution in [2.75, 3.05) is 0 Å². The molecule has 1 aromatic heterocycles. The number of rotatable bonds is 2. The van der Waals surface area contributed by atoms with Crippen LogP contribution >= 0.6 is 11.6 Å². The first kappa shape index (κ1) is 14.4. The Morgan fingerprint density at radius 3 is 2.50 bits per heavy atom. The average molecular weight is 327 g/mol. The quantitative estimate of drug-likeness (QED) is 0.856. The van der Waals surface area contributed by atoms with Crippen molar-refractivity contribution in [1.29, 1.82) is 0 Å². The van der Waals surface area contributed by atoms with E-state index in [4.69, 9.17) is 11.6 Å². The van der Waals surface area contributed by atoms with Gasteiger partial charge in [-0.15, -0.1) is 0 Å². The molecule has 6 heteroatoms. The molecule has 1 unspecified atom stereocenters. The van der Waals surface area contributed by atoms with Gasteiger partial charge in [-0.1, -0.05) is 11.6 Å². The molecule has 3 aliphatic rings. The van der Waals surface area contributed by atoms with Gasteiger partial charge in [0.25, 0.3) is 0 Å². The molecule has 0 saturated heterocycles. The van der Waals surface area contributed by atoms with E-state index in [-0.39, 0.29) is 10.6 Å². The fourth-order valence-electron chi connectivity index (χ4n) is 4.20. The Bertz CT molecular complexity index is 721. The summed E-state index contributed by atoms with van der Waals surface area (Å²) < 4.78 is 28.9. The zero-order valence-electron chi connectivity index (χ0n) is 12.0. The Balaban J connectivity index is 1.82. The van der Waals surface area contributed by atoms with Gasteiger partial charge in [-0.05, 0) is 44.6 Å². The molecule has 3 fully saturated rings. The summed E-state index contributed by atoms with van der Waals surface area (Å²) >= 11 is 5.97. The van der Waals surface area contributed by atoms with Crippen molar-refractivity contribution in [3.8, 4) is 0 Å². The maximum absolute atomic E-state index is 14.6. The third kappa shape index (κ3) is 1.91. The Hall–Kier alpha value is -1.20. The summed E-state index contributed by atoms with van der Waals surface area (Å²) in [4.78, 5) is 0. The average Bonchev–Trinajstić information content (AvgIpc) is 2.96. The third-order valence-corrected chi connectivity index (χ3v) is 6.01. The summed E-state index contributed by atoms with van der Waals surface area (Å²) in [7, 11) is 0. The number of H-pyrrole nitrogens is 1. The third-order valence-electron chi connectivity index (χ3n) is 5.73. The van der Waals surface area contributed by atoms with E-state index in [1.165, 1.54) is 6.07 Å². The van der Waals surface area contributed by atoms with Gasteiger partial charge in [-0.25, -0.2) is 8.78 Å². The smallest absolute Gasteiger partial charge is 0.149 e. The van der Waals surface area contributed by atoms with Crippen LogP contribution in [0.4, 0.5) is 8.78 Å². The zero-order chi connectivity index (χ0) is 15.5. The molecule has 3 nitrogen and oxygen atoms in total. The van der Waals surface area contributed by atoms with E-state index in [0.717, 1.165) is 0 Å². The van der Waals surface area contributed by atoms with Gasteiger partial charge in [0.2, 0.25) is 0 Å². The number of aromatic nitrogens is 2. The van der Waals surface area contributed by atoms with Crippen LogP contribution < -0.4 is 0 Å². The second-order valence-electron chi connectivity index (χ2n) is 6.84. The molecule has 1 heterocycles. The molecule has 2 N–H and O–H groups in total. The summed E-state index contributed by atoms with van der Waals surface area (Å²) in [6, 6.07) is 1.50. The number of fused-ring (bicyclic) bond motifs is 4. The summed E-state index contributed by atoms with van der Waals surface area (Å²) in [5.41, 5.74) is -0.894. The van der Waals surface area contributed by atoms with E-state index in [2.05, 4.69) is 10.2 Å². The van der Waals surface area contributed by atoms with Crippen LogP contribution in [0.15, 0.2) is 12.3 Å². The van der Waals surface area contributed by atoms with Gasteiger partial charge in [0, 0.05) is 16.4 Å². The maximum Gasteiger partial charge on any atom is 0.149 e. The van der Waals surface area contributed by atoms with Gasteiger partial charge in [0.1, 0.15) is 11.5 Å². The molecule has 118 valence electrons. The molecule has 1 atom stereocenters. The second-order valence-corrected chi connectivity index (χ2v) is 7.24. The molecule has 2 bridgehead atoms. The Morgan fingerprint density at radius 1 is 1.23 bits per heavy atom. The molecule has 3 aliphatic carbocycles. The van der Waals surface area contributed by atoms with Crippen molar-refractivity contribution in [2.45, 2.75) is 50.3 Å². The van der Waals surface area contributed by atoms with Crippen molar-refractivity contribution in [3.63, 3.8) is 0 Å². The van der Waals surface area contributed by atoms with Crippen LogP contribution in [-0.4, -0.2) is 21.0 Å². The first-order valence-electron chi connectivity index (χ1n) is 7.62. The van der Waals surface area contributed by atoms with E-state index >= 15 is 0 Å². The number of alkyl halides is 1. The van der Waals surface area contributed by atoms with Gasteiger partial charge in [0.05, 0.1) is 22.8 Å². The minimum atomic E-state index is -1.09. The number of nitrogens with zero attached hydrogens (tertiary/aromatic N) is 1. The minimum absolute atomic E-state index is 0.0224. The minimum Gasteiger partial charge on any atom is -0.388 e. The molecule has 0 spiro atoms. The number of hydrogen-bond donors (Lipinski definition) is 2. The summed E-state index contributed by atoms with van der Waals surface area (Å²) in [6.45, 7) is 0. The van der Waals surface area contributed by atoms with Gasteiger partial charge >= 0.3 is 0 Å². The zero-order valence-corrected chi connectivity index (χ0v) is 12.8. The number of nitrogens with one attached hydrogen (secondary N) is 1. The lowest BCUT2D eigenvalue weighted by molar-refractivity contribution is -0.101. The van der Waals surface area contributed by atoms with Crippen LogP contribution in [0, 0.1) is 11.2 Å². The highest BCUT2D eigenvalue weighted by molar-refractivity contribution is 6.31. The van der Waals surface area contributed by atoms with E-state index < -0.39 is 23.0 Å². The van der Waals surface area contributed by atoms with E-state index in [1.807, 2.05) is 0 Å². The molecule has 1 aromatic carbocycles. The van der Waals surface area contributed by atoms with Gasteiger partial charge in [-0.3, -0.25) is 5.10 Å². The summed E-state index contributed by atoms with van der Waals surface area (Å²) in [5.74, 6) is -0.608. The predicted octanol–water partition coefficient (Wildman–Crippen LogP) is 4.45. The van der Waals surface area contributed by atoms with Crippen LogP contribution in [0.2, 0.25) is 5.02 Å². The number of aromatic amines is 1. The van der Waals surface area contributed by atoms with Crippen LogP contribution in [-0.2, 0) is 0 Å². The number of aliphatic hydroxyl groups is 1. The predicted molar refractivity (Wildman–Crippen MR) is 80.0 cm³/mol.